The molecule has 0 aliphatic rings. The minimum Gasteiger partial charge on any atom is -0.160 e. The zero-order valence-electron chi connectivity index (χ0n) is 4.38. The first-order chi connectivity index (χ1) is 3.71. The standard InChI is InChI=1S/C2F6S.Hg/c3-1(4,5)9-2(6,7)8;. The third-order valence-corrected chi connectivity index (χ3v) is 0.694. The van der Waals surface area contributed by atoms with E-state index in [-0.39, 0.29) is 27.7 Å². The minimum absolute atomic E-state index is 0. The molecule has 0 rings (SSSR count). The predicted molar refractivity (Wildman–Crippen MR) is 19.7 cm³/mol. The summed E-state index contributed by atoms with van der Waals surface area (Å²) in [4.78, 5) is 0. The van der Waals surface area contributed by atoms with Gasteiger partial charge in [0.25, 0.3) is 0 Å². The molecule has 0 N–H and O–H groups in total. The number of hydrogen-bond donors (Lipinski definition) is 0. The topological polar surface area (TPSA) is 0 Å². The molecule has 0 aliphatic heterocycles. The summed E-state index contributed by atoms with van der Waals surface area (Å²) in [5.74, 6) is 0. The predicted octanol–water partition coefficient (Wildman–Crippen LogP) is 2.76. The summed E-state index contributed by atoms with van der Waals surface area (Å²) in [6.07, 6.45) is 0. The summed E-state index contributed by atoms with van der Waals surface area (Å²) >= 11 is -1.99. The molecule has 0 atom stereocenters. The summed E-state index contributed by atoms with van der Waals surface area (Å²) < 4.78 is 64.8. The van der Waals surface area contributed by atoms with Crippen LogP contribution < -0.4 is 0 Å². The van der Waals surface area contributed by atoms with Crippen molar-refractivity contribution in [2.45, 2.75) is 11.0 Å². The van der Waals surface area contributed by atoms with Crippen molar-refractivity contribution in [1.82, 2.24) is 0 Å². The normalized spacial score (nSPS) is 12.6. The Morgan fingerprint density at radius 2 is 0.900 bits per heavy atom. The number of alkyl halides is 6. The molecule has 8 heteroatoms. The van der Waals surface area contributed by atoms with Crippen molar-refractivity contribution in [3.05, 3.63) is 0 Å². The zero-order valence-corrected chi connectivity index (χ0v) is 10.7. The Bertz CT molecular complexity index is 80.9. The van der Waals surface area contributed by atoms with Gasteiger partial charge >= 0.3 is 11.0 Å². The maximum atomic E-state index is 10.8. The fourth-order valence-corrected chi connectivity index (χ4v) is 0.394. The fraction of sp³-hybridized carbons (Fsp3) is 1.00. The van der Waals surface area contributed by atoms with E-state index in [1.54, 1.807) is 0 Å². The molecule has 0 radical (unpaired) electrons. The van der Waals surface area contributed by atoms with Crippen molar-refractivity contribution in [1.29, 1.82) is 0 Å². The SMILES string of the molecule is FC(F)(F)SC(F)(F)F.[Hg]. The average molecular weight is 371 g/mol. The molecule has 0 unspecified atom stereocenters. The molecule has 0 bridgehead atoms. The van der Waals surface area contributed by atoms with Gasteiger partial charge in [0, 0.05) is 27.7 Å². The molecule has 58 valence electrons. The number of thioether (sulfide) groups is 1. The second-order valence-corrected chi connectivity index (χ2v) is 2.12. The second-order valence-electron chi connectivity index (χ2n) is 0.994. The summed E-state index contributed by atoms with van der Waals surface area (Å²) in [7, 11) is 0. The van der Waals surface area contributed by atoms with Gasteiger partial charge in [-0.05, 0) is 0 Å². The second kappa shape index (κ2) is 4.03. The largest absolute Gasteiger partial charge is 0.450 e. The Morgan fingerprint density at radius 3 is 0.900 bits per heavy atom. The number of hydrogen-bond acceptors (Lipinski definition) is 1. The molecule has 0 nitrogen and oxygen atoms in total. The smallest absolute Gasteiger partial charge is 0.160 e. The molecule has 0 heterocycles. The zero-order chi connectivity index (χ0) is 7.71. The van der Waals surface area contributed by atoms with Gasteiger partial charge in [-0.25, -0.2) is 0 Å². The quantitative estimate of drug-likeness (QED) is 0.467. The van der Waals surface area contributed by atoms with Crippen LogP contribution in [0.5, 0.6) is 0 Å². The van der Waals surface area contributed by atoms with Gasteiger partial charge in [-0.3, -0.25) is 0 Å². The van der Waals surface area contributed by atoms with Crippen LogP contribution in [0.2, 0.25) is 0 Å². The van der Waals surface area contributed by atoms with Crippen molar-refractivity contribution in [3.8, 4) is 0 Å². The first kappa shape index (κ1) is 13.5. The van der Waals surface area contributed by atoms with Crippen LogP contribution in [0.3, 0.4) is 0 Å². The van der Waals surface area contributed by atoms with Crippen LogP contribution in [0.1, 0.15) is 0 Å². The Morgan fingerprint density at radius 1 is 0.700 bits per heavy atom. The Kier molecular flexibility index (Phi) is 5.43. The molecule has 10 heavy (non-hydrogen) atoms. The fourth-order valence-electron chi connectivity index (χ4n) is 0.131. The first-order valence-electron chi connectivity index (χ1n) is 1.54. The Hall–Kier alpha value is 0.865. The van der Waals surface area contributed by atoms with Gasteiger partial charge in [-0.2, -0.15) is 26.3 Å². The van der Waals surface area contributed by atoms with Crippen LogP contribution in [-0.2, 0) is 27.7 Å². The van der Waals surface area contributed by atoms with E-state index in [1.807, 2.05) is 0 Å². The summed E-state index contributed by atoms with van der Waals surface area (Å²) in [6.45, 7) is 0. The van der Waals surface area contributed by atoms with E-state index >= 15 is 0 Å². The van der Waals surface area contributed by atoms with Gasteiger partial charge < -0.3 is 0 Å². The summed E-state index contributed by atoms with van der Waals surface area (Å²) in [6, 6.07) is 0. The van der Waals surface area contributed by atoms with Crippen molar-refractivity contribution in [3.63, 3.8) is 0 Å². The molecule has 0 saturated heterocycles. The Balaban J connectivity index is 0. The van der Waals surface area contributed by atoms with Gasteiger partial charge in [0.05, 0.1) is 11.8 Å². The molecule has 0 aromatic heterocycles. The van der Waals surface area contributed by atoms with Crippen molar-refractivity contribution in [2.75, 3.05) is 0 Å². The van der Waals surface area contributed by atoms with E-state index in [2.05, 4.69) is 0 Å². The van der Waals surface area contributed by atoms with Crippen LogP contribution in [0, 0.1) is 0 Å². The van der Waals surface area contributed by atoms with E-state index in [1.165, 1.54) is 0 Å². The maximum absolute atomic E-state index is 10.8. The van der Waals surface area contributed by atoms with Crippen molar-refractivity contribution >= 4 is 11.8 Å². The van der Waals surface area contributed by atoms with Crippen molar-refractivity contribution < 1.29 is 54.0 Å². The third kappa shape index (κ3) is 11.6. The first-order valence-corrected chi connectivity index (χ1v) is 2.36. The maximum Gasteiger partial charge on any atom is 0.450 e. The van der Waals surface area contributed by atoms with E-state index in [0.717, 1.165) is 0 Å². The molecule has 0 saturated carbocycles. The Labute approximate surface area is 76.9 Å². The molecule has 0 aromatic carbocycles. The van der Waals surface area contributed by atoms with Crippen LogP contribution in [0.15, 0.2) is 0 Å². The number of rotatable bonds is 0. The summed E-state index contributed by atoms with van der Waals surface area (Å²) in [5.41, 5.74) is -10.4. The molecule has 0 spiro atoms. The van der Waals surface area contributed by atoms with Crippen molar-refractivity contribution in [2.24, 2.45) is 0 Å². The van der Waals surface area contributed by atoms with Gasteiger partial charge in [0.2, 0.25) is 0 Å². The van der Waals surface area contributed by atoms with Crippen LogP contribution in [0.25, 0.3) is 0 Å². The van der Waals surface area contributed by atoms with Gasteiger partial charge in [0.1, 0.15) is 0 Å². The molecule has 0 aromatic rings. The molecule has 0 fully saturated rings. The van der Waals surface area contributed by atoms with Gasteiger partial charge in [-0.1, -0.05) is 0 Å². The minimum atomic E-state index is -5.22. The van der Waals surface area contributed by atoms with E-state index in [9.17, 15) is 26.3 Å². The monoisotopic (exact) mass is 372 g/mol. The summed E-state index contributed by atoms with van der Waals surface area (Å²) in [5, 5.41) is 0. The molecular formula is C2F6HgS. The molecule has 0 aliphatic carbocycles. The van der Waals surface area contributed by atoms with E-state index in [4.69, 9.17) is 0 Å². The van der Waals surface area contributed by atoms with E-state index < -0.39 is 22.8 Å². The molecular weight excluding hydrogens is 371 g/mol. The number of halogens is 6. The van der Waals surface area contributed by atoms with Gasteiger partial charge in [0.15, 0.2) is 0 Å². The third-order valence-electron chi connectivity index (χ3n) is 0.231. The molecule has 0 amide bonds. The van der Waals surface area contributed by atoms with Crippen LogP contribution in [0.4, 0.5) is 26.3 Å². The van der Waals surface area contributed by atoms with Crippen LogP contribution in [-0.4, -0.2) is 11.0 Å². The average Bonchev–Trinajstić information content (AvgIpc) is 1.14. The van der Waals surface area contributed by atoms with Gasteiger partial charge in [-0.15, -0.1) is 0 Å². The van der Waals surface area contributed by atoms with E-state index in [0.29, 0.717) is 0 Å². The van der Waals surface area contributed by atoms with Crippen LogP contribution >= 0.6 is 11.8 Å².